The molecular formula is C24H26N4O4S. The van der Waals surface area contributed by atoms with Crippen molar-refractivity contribution in [1.29, 1.82) is 0 Å². The number of carbonyl (C=O) groups is 2. The summed E-state index contributed by atoms with van der Waals surface area (Å²) in [6.07, 6.45) is 0. The van der Waals surface area contributed by atoms with Gasteiger partial charge in [0.05, 0.1) is 11.4 Å². The molecule has 3 aromatic rings. The Kier molecular flexibility index (Phi) is 7.59. The average Bonchev–Trinajstić information content (AvgIpc) is 2.79. The molecule has 172 valence electrons. The number of hydrogen-bond donors (Lipinski definition) is 3. The van der Waals surface area contributed by atoms with Gasteiger partial charge in [-0.3, -0.25) is 14.5 Å². The minimum atomic E-state index is -3.87. The fraction of sp³-hybridized carbons (Fsp3) is 0.167. The molecule has 0 fully saturated rings. The number of anilines is 2. The number of carbonyl (C=O) groups excluding carboxylic acids is 2. The van der Waals surface area contributed by atoms with E-state index in [1.165, 1.54) is 18.2 Å². The van der Waals surface area contributed by atoms with Crippen LogP contribution in [0.1, 0.15) is 28.9 Å². The second-order valence-corrected chi connectivity index (χ2v) is 9.22. The van der Waals surface area contributed by atoms with Crippen molar-refractivity contribution >= 4 is 33.2 Å². The highest BCUT2D eigenvalue weighted by Crippen LogP contribution is 2.19. The second-order valence-electron chi connectivity index (χ2n) is 7.65. The van der Waals surface area contributed by atoms with Gasteiger partial charge in [0, 0.05) is 23.0 Å². The van der Waals surface area contributed by atoms with Gasteiger partial charge in [-0.2, -0.15) is 0 Å². The van der Waals surface area contributed by atoms with E-state index in [0.29, 0.717) is 16.9 Å². The SMILES string of the molecule is CC(c1ccccc1)N(C)CC(=O)Nc1ccc(C(=O)Nc2cccc(S(N)(=O)=O)c2)cc1. The molecule has 3 rings (SSSR count). The first-order valence-electron chi connectivity index (χ1n) is 10.2. The summed E-state index contributed by atoms with van der Waals surface area (Å²) in [7, 11) is -1.98. The quantitative estimate of drug-likeness (QED) is 0.471. The van der Waals surface area contributed by atoms with Crippen molar-refractivity contribution in [3.63, 3.8) is 0 Å². The van der Waals surface area contributed by atoms with E-state index in [4.69, 9.17) is 5.14 Å². The third-order valence-electron chi connectivity index (χ3n) is 5.19. The summed E-state index contributed by atoms with van der Waals surface area (Å²) in [4.78, 5) is 26.8. The van der Waals surface area contributed by atoms with Crippen LogP contribution in [0.3, 0.4) is 0 Å². The molecule has 0 saturated carbocycles. The number of hydrogen-bond acceptors (Lipinski definition) is 5. The van der Waals surface area contributed by atoms with Crippen molar-refractivity contribution in [3.8, 4) is 0 Å². The maximum absolute atomic E-state index is 12.5. The van der Waals surface area contributed by atoms with Crippen LogP contribution in [0.2, 0.25) is 0 Å². The van der Waals surface area contributed by atoms with E-state index in [9.17, 15) is 18.0 Å². The van der Waals surface area contributed by atoms with Gasteiger partial charge in [0.2, 0.25) is 15.9 Å². The summed E-state index contributed by atoms with van der Waals surface area (Å²) in [6.45, 7) is 2.24. The van der Waals surface area contributed by atoms with Crippen LogP contribution in [0.25, 0.3) is 0 Å². The average molecular weight is 467 g/mol. The van der Waals surface area contributed by atoms with Gasteiger partial charge in [-0.15, -0.1) is 0 Å². The van der Waals surface area contributed by atoms with Gasteiger partial charge >= 0.3 is 0 Å². The number of amides is 2. The molecule has 0 aliphatic rings. The lowest BCUT2D eigenvalue weighted by Gasteiger charge is -2.24. The van der Waals surface area contributed by atoms with Crippen LogP contribution in [0.5, 0.6) is 0 Å². The molecule has 0 bridgehead atoms. The molecule has 1 atom stereocenters. The zero-order chi connectivity index (χ0) is 24.0. The van der Waals surface area contributed by atoms with Crippen LogP contribution in [0.4, 0.5) is 11.4 Å². The molecule has 0 saturated heterocycles. The number of primary sulfonamides is 1. The van der Waals surface area contributed by atoms with Crippen LogP contribution in [0.15, 0.2) is 83.8 Å². The Morgan fingerprint density at radius 1 is 0.909 bits per heavy atom. The molecule has 0 aromatic heterocycles. The number of likely N-dealkylation sites (N-methyl/N-ethyl adjacent to an activating group) is 1. The van der Waals surface area contributed by atoms with Gasteiger partial charge in [0.15, 0.2) is 0 Å². The molecule has 9 heteroatoms. The maximum atomic E-state index is 12.5. The highest BCUT2D eigenvalue weighted by molar-refractivity contribution is 7.89. The third-order valence-corrected chi connectivity index (χ3v) is 6.10. The number of nitrogens with two attached hydrogens (primary N) is 1. The summed E-state index contributed by atoms with van der Waals surface area (Å²) in [5, 5.41) is 10.6. The monoisotopic (exact) mass is 466 g/mol. The van der Waals surface area contributed by atoms with Crippen molar-refractivity contribution in [3.05, 3.63) is 90.0 Å². The van der Waals surface area contributed by atoms with Gasteiger partial charge in [0.1, 0.15) is 0 Å². The first-order chi connectivity index (χ1) is 15.6. The number of rotatable bonds is 8. The van der Waals surface area contributed by atoms with Gasteiger partial charge in [-0.1, -0.05) is 36.4 Å². The van der Waals surface area contributed by atoms with E-state index in [-0.39, 0.29) is 23.4 Å². The second kappa shape index (κ2) is 10.4. The third kappa shape index (κ3) is 6.72. The Morgan fingerprint density at radius 3 is 2.21 bits per heavy atom. The first kappa shape index (κ1) is 24.1. The molecule has 4 N–H and O–H groups in total. The van der Waals surface area contributed by atoms with Gasteiger partial charge in [-0.05, 0) is 62.0 Å². The predicted molar refractivity (Wildman–Crippen MR) is 128 cm³/mol. The van der Waals surface area contributed by atoms with Crippen molar-refractivity contribution in [2.45, 2.75) is 17.9 Å². The lowest BCUT2D eigenvalue weighted by atomic mass is 10.1. The highest BCUT2D eigenvalue weighted by atomic mass is 32.2. The van der Waals surface area contributed by atoms with E-state index in [0.717, 1.165) is 5.56 Å². The molecule has 0 aliphatic heterocycles. The number of nitrogens with one attached hydrogen (secondary N) is 2. The first-order valence-corrected chi connectivity index (χ1v) is 11.8. The lowest BCUT2D eigenvalue weighted by Crippen LogP contribution is -2.32. The van der Waals surface area contributed by atoms with Crippen LogP contribution in [-0.4, -0.2) is 38.7 Å². The Hall–Kier alpha value is -3.53. The van der Waals surface area contributed by atoms with Crippen LogP contribution >= 0.6 is 0 Å². The van der Waals surface area contributed by atoms with E-state index in [1.54, 1.807) is 30.3 Å². The van der Waals surface area contributed by atoms with E-state index >= 15 is 0 Å². The number of sulfonamides is 1. The standard InChI is InChI=1S/C24H26N4O4S/c1-17(18-7-4-3-5-8-18)28(2)16-23(29)26-20-13-11-19(12-14-20)24(30)27-21-9-6-10-22(15-21)33(25,31)32/h3-15,17H,16H2,1-2H3,(H,26,29)(H,27,30)(H2,25,31,32). The maximum Gasteiger partial charge on any atom is 0.255 e. The predicted octanol–water partition coefficient (Wildman–Crippen LogP) is 3.22. The van der Waals surface area contributed by atoms with Crippen molar-refractivity contribution in [2.24, 2.45) is 5.14 Å². The molecule has 0 radical (unpaired) electrons. The topological polar surface area (TPSA) is 122 Å². The molecule has 1 unspecified atom stereocenters. The zero-order valence-corrected chi connectivity index (χ0v) is 19.2. The Bertz CT molecular complexity index is 1230. The summed E-state index contributed by atoms with van der Waals surface area (Å²) in [5.41, 5.74) is 2.34. The molecule has 0 heterocycles. The lowest BCUT2D eigenvalue weighted by molar-refractivity contribution is -0.117. The summed E-state index contributed by atoms with van der Waals surface area (Å²) >= 11 is 0. The molecule has 2 amide bonds. The van der Waals surface area contributed by atoms with Gasteiger partial charge < -0.3 is 10.6 Å². The number of nitrogens with zero attached hydrogens (tertiary/aromatic N) is 1. The molecule has 33 heavy (non-hydrogen) atoms. The Balaban J connectivity index is 1.57. The molecule has 3 aromatic carbocycles. The molecule has 0 spiro atoms. The fourth-order valence-electron chi connectivity index (χ4n) is 3.21. The number of benzene rings is 3. The van der Waals surface area contributed by atoms with E-state index < -0.39 is 15.9 Å². The minimum Gasteiger partial charge on any atom is -0.325 e. The smallest absolute Gasteiger partial charge is 0.255 e. The van der Waals surface area contributed by atoms with Crippen LogP contribution < -0.4 is 15.8 Å². The minimum absolute atomic E-state index is 0.0794. The fourth-order valence-corrected chi connectivity index (χ4v) is 3.77. The van der Waals surface area contributed by atoms with Crippen LogP contribution in [0, 0.1) is 0 Å². The van der Waals surface area contributed by atoms with Crippen LogP contribution in [-0.2, 0) is 14.8 Å². The summed E-state index contributed by atoms with van der Waals surface area (Å²) < 4.78 is 22.9. The van der Waals surface area contributed by atoms with Crippen molar-refractivity contribution in [1.82, 2.24) is 4.90 Å². The summed E-state index contributed by atoms with van der Waals surface area (Å²) in [5.74, 6) is -0.590. The Labute approximate surface area is 193 Å². The highest BCUT2D eigenvalue weighted by Gasteiger charge is 2.15. The van der Waals surface area contributed by atoms with Crippen molar-refractivity contribution < 1.29 is 18.0 Å². The van der Waals surface area contributed by atoms with E-state index in [2.05, 4.69) is 10.6 Å². The van der Waals surface area contributed by atoms with E-state index in [1.807, 2.05) is 49.2 Å². The largest absolute Gasteiger partial charge is 0.325 e. The van der Waals surface area contributed by atoms with Gasteiger partial charge in [0.25, 0.3) is 5.91 Å². The normalized spacial score (nSPS) is 12.2. The van der Waals surface area contributed by atoms with Crippen molar-refractivity contribution in [2.75, 3.05) is 24.2 Å². The van der Waals surface area contributed by atoms with Gasteiger partial charge in [-0.25, -0.2) is 13.6 Å². The molecule has 8 nitrogen and oxygen atoms in total. The zero-order valence-electron chi connectivity index (χ0n) is 18.4. The molecular weight excluding hydrogens is 440 g/mol. The molecule has 0 aliphatic carbocycles. The Morgan fingerprint density at radius 2 is 1.58 bits per heavy atom. The summed E-state index contributed by atoms with van der Waals surface area (Å²) in [6, 6.07) is 22.1.